The molecule has 1 unspecified atom stereocenters. The molecule has 0 radical (unpaired) electrons. The van der Waals surface area contributed by atoms with Crippen LogP contribution in [0.1, 0.15) is 30.3 Å². The van der Waals surface area contributed by atoms with E-state index in [-0.39, 0.29) is 17.5 Å². The molecule has 2 heterocycles. The van der Waals surface area contributed by atoms with E-state index in [9.17, 15) is 9.59 Å². The van der Waals surface area contributed by atoms with Gasteiger partial charge in [-0.15, -0.1) is 11.3 Å². The molecule has 6 heteroatoms. The molecule has 0 saturated carbocycles. The summed E-state index contributed by atoms with van der Waals surface area (Å²) < 4.78 is 1.43. The first-order chi connectivity index (χ1) is 9.04. The van der Waals surface area contributed by atoms with Gasteiger partial charge in [0.2, 0.25) is 0 Å². The van der Waals surface area contributed by atoms with Crippen molar-refractivity contribution < 1.29 is 0 Å². The van der Waals surface area contributed by atoms with E-state index in [1.165, 1.54) is 10.8 Å². The van der Waals surface area contributed by atoms with Crippen LogP contribution < -0.4 is 11.2 Å². The van der Waals surface area contributed by atoms with Gasteiger partial charge >= 0.3 is 5.69 Å². The second kappa shape index (κ2) is 5.24. The van der Waals surface area contributed by atoms with Crippen LogP contribution in [0.4, 0.5) is 0 Å². The van der Waals surface area contributed by atoms with E-state index in [1.54, 1.807) is 17.4 Å². The monoisotopic (exact) mass is 275 g/mol. The lowest BCUT2D eigenvalue weighted by Crippen LogP contribution is -2.35. The number of rotatable bonds is 3. The van der Waals surface area contributed by atoms with Crippen LogP contribution >= 0.6 is 11.3 Å². The molecular formula is C13H13N3O2S. The van der Waals surface area contributed by atoms with Gasteiger partial charge in [-0.1, -0.05) is 19.9 Å². The molecule has 0 aromatic carbocycles. The molecule has 0 aliphatic heterocycles. The van der Waals surface area contributed by atoms with Crippen LogP contribution in [-0.2, 0) is 0 Å². The molecule has 19 heavy (non-hydrogen) atoms. The summed E-state index contributed by atoms with van der Waals surface area (Å²) in [6.07, 6.45) is 1.34. The van der Waals surface area contributed by atoms with Gasteiger partial charge in [0.15, 0.2) is 0 Å². The Morgan fingerprint density at radius 3 is 2.68 bits per heavy atom. The second-order valence-electron chi connectivity index (χ2n) is 4.53. The van der Waals surface area contributed by atoms with Crippen molar-refractivity contribution in [3.05, 3.63) is 55.0 Å². The third-order valence-corrected chi connectivity index (χ3v) is 3.80. The Kier molecular flexibility index (Phi) is 3.67. The lowest BCUT2D eigenvalue weighted by atomic mass is 10.0. The average Bonchev–Trinajstić information content (AvgIpc) is 2.85. The number of aromatic amines is 1. The van der Waals surface area contributed by atoms with E-state index in [0.29, 0.717) is 0 Å². The Balaban J connectivity index is 2.65. The zero-order chi connectivity index (χ0) is 14.0. The predicted molar refractivity (Wildman–Crippen MR) is 73.3 cm³/mol. The molecular weight excluding hydrogens is 262 g/mol. The fourth-order valence-electron chi connectivity index (χ4n) is 2.02. The van der Waals surface area contributed by atoms with Crippen molar-refractivity contribution in [2.24, 2.45) is 5.92 Å². The van der Waals surface area contributed by atoms with E-state index in [0.717, 1.165) is 4.88 Å². The first-order valence-corrected chi connectivity index (χ1v) is 6.71. The smallest absolute Gasteiger partial charge is 0.291 e. The van der Waals surface area contributed by atoms with Crippen molar-refractivity contribution >= 4 is 11.3 Å². The molecule has 0 aliphatic rings. The van der Waals surface area contributed by atoms with Crippen molar-refractivity contribution in [3.8, 4) is 6.07 Å². The Hall–Kier alpha value is -2.13. The largest absolute Gasteiger partial charge is 0.328 e. The number of nitriles is 1. The molecule has 0 amide bonds. The zero-order valence-electron chi connectivity index (χ0n) is 10.6. The quantitative estimate of drug-likeness (QED) is 0.926. The van der Waals surface area contributed by atoms with Gasteiger partial charge in [-0.25, -0.2) is 4.79 Å². The van der Waals surface area contributed by atoms with Crippen LogP contribution in [0.15, 0.2) is 33.3 Å². The Morgan fingerprint density at radius 2 is 2.16 bits per heavy atom. The first-order valence-electron chi connectivity index (χ1n) is 5.83. The summed E-state index contributed by atoms with van der Waals surface area (Å²) >= 11 is 1.55. The molecule has 0 spiro atoms. The number of thiophene rings is 1. The number of H-pyrrole nitrogens is 1. The van der Waals surface area contributed by atoms with Gasteiger partial charge in [0.05, 0.1) is 6.04 Å². The van der Waals surface area contributed by atoms with Gasteiger partial charge in [-0.05, 0) is 17.4 Å². The average molecular weight is 275 g/mol. The Morgan fingerprint density at radius 1 is 1.42 bits per heavy atom. The number of hydrogen-bond donors (Lipinski definition) is 1. The summed E-state index contributed by atoms with van der Waals surface area (Å²) in [5.41, 5.74) is -1.18. The van der Waals surface area contributed by atoms with Crippen molar-refractivity contribution in [3.63, 3.8) is 0 Å². The van der Waals surface area contributed by atoms with Crippen LogP contribution in [0.25, 0.3) is 0 Å². The predicted octanol–water partition coefficient (Wildman–Crippen LogP) is 1.72. The molecule has 98 valence electrons. The number of nitrogens with zero attached hydrogens (tertiary/aromatic N) is 2. The third kappa shape index (κ3) is 2.51. The minimum absolute atomic E-state index is 0.0539. The highest BCUT2D eigenvalue weighted by Gasteiger charge is 2.21. The van der Waals surface area contributed by atoms with Gasteiger partial charge < -0.3 is 0 Å². The zero-order valence-corrected chi connectivity index (χ0v) is 11.4. The molecule has 5 nitrogen and oxygen atoms in total. The molecule has 0 aliphatic carbocycles. The molecule has 1 atom stereocenters. The first kappa shape index (κ1) is 13.3. The minimum Gasteiger partial charge on any atom is -0.291 e. The maximum absolute atomic E-state index is 12.0. The topological polar surface area (TPSA) is 78.7 Å². The highest BCUT2D eigenvalue weighted by molar-refractivity contribution is 7.10. The molecule has 1 N–H and O–H groups in total. The normalized spacial score (nSPS) is 12.3. The summed E-state index contributed by atoms with van der Waals surface area (Å²) in [5, 5.41) is 10.8. The number of nitrogens with one attached hydrogen (secondary N) is 1. The molecule has 2 aromatic heterocycles. The Labute approximate surface area is 113 Å². The lowest BCUT2D eigenvalue weighted by molar-refractivity contribution is 0.425. The van der Waals surface area contributed by atoms with Crippen LogP contribution in [-0.4, -0.2) is 9.55 Å². The van der Waals surface area contributed by atoms with Crippen molar-refractivity contribution in [2.75, 3.05) is 0 Å². The van der Waals surface area contributed by atoms with Gasteiger partial charge in [-0.3, -0.25) is 14.3 Å². The number of hydrogen-bond acceptors (Lipinski definition) is 4. The van der Waals surface area contributed by atoms with Crippen LogP contribution in [0.3, 0.4) is 0 Å². The minimum atomic E-state index is -0.641. The van der Waals surface area contributed by atoms with E-state index < -0.39 is 11.2 Å². The maximum Gasteiger partial charge on any atom is 0.328 e. The van der Waals surface area contributed by atoms with Crippen LogP contribution in [0.2, 0.25) is 0 Å². The summed E-state index contributed by atoms with van der Waals surface area (Å²) in [4.78, 5) is 26.6. The summed E-state index contributed by atoms with van der Waals surface area (Å²) in [7, 11) is 0. The van der Waals surface area contributed by atoms with Crippen molar-refractivity contribution in [1.82, 2.24) is 9.55 Å². The van der Waals surface area contributed by atoms with Crippen molar-refractivity contribution in [1.29, 1.82) is 5.26 Å². The summed E-state index contributed by atoms with van der Waals surface area (Å²) in [6.45, 7) is 3.99. The second-order valence-corrected chi connectivity index (χ2v) is 5.50. The van der Waals surface area contributed by atoms with E-state index in [1.807, 2.05) is 31.4 Å². The number of aromatic nitrogens is 2. The highest BCUT2D eigenvalue weighted by Crippen LogP contribution is 2.28. The molecule has 0 bridgehead atoms. The third-order valence-electron chi connectivity index (χ3n) is 2.85. The molecule has 2 aromatic rings. The fourth-order valence-corrected chi connectivity index (χ4v) is 3.01. The molecule has 2 rings (SSSR count). The van der Waals surface area contributed by atoms with Gasteiger partial charge in [-0.2, -0.15) is 5.26 Å². The van der Waals surface area contributed by atoms with Crippen LogP contribution in [0, 0.1) is 17.2 Å². The van der Waals surface area contributed by atoms with E-state index in [4.69, 9.17) is 5.26 Å². The van der Waals surface area contributed by atoms with E-state index in [2.05, 4.69) is 4.98 Å². The van der Waals surface area contributed by atoms with Gasteiger partial charge in [0, 0.05) is 11.1 Å². The molecule has 0 saturated heterocycles. The van der Waals surface area contributed by atoms with Crippen LogP contribution in [0.5, 0.6) is 0 Å². The van der Waals surface area contributed by atoms with E-state index >= 15 is 0 Å². The SMILES string of the molecule is CC(C)C(c1cccs1)n1cc(C#N)c(=O)[nH]c1=O. The Bertz CT molecular complexity index is 720. The van der Waals surface area contributed by atoms with Crippen molar-refractivity contribution in [2.45, 2.75) is 19.9 Å². The summed E-state index contributed by atoms with van der Waals surface area (Å²) in [5.74, 6) is 0.161. The van der Waals surface area contributed by atoms with Gasteiger partial charge in [0.1, 0.15) is 11.6 Å². The summed E-state index contributed by atoms with van der Waals surface area (Å²) in [6, 6.07) is 5.48. The van der Waals surface area contributed by atoms with Gasteiger partial charge in [0.25, 0.3) is 5.56 Å². The highest BCUT2D eigenvalue weighted by atomic mass is 32.1. The fraction of sp³-hybridized carbons (Fsp3) is 0.308. The maximum atomic E-state index is 12.0. The lowest BCUT2D eigenvalue weighted by Gasteiger charge is -2.22. The molecule has 0 fully saturated rings. The standard InChI is InChI=1S/C13H13N3O2S/c1-8(2)11(10-4-3-5-19-10)16-7-9(6-14)12(17)15-13(16)18/h3-5,7-8,11H,1-2H3,(H,15,17,18).